The number of piperidine rings is 1. The van der Waals surface area contributed by atoms with Gasteiger partial charge in [0.05, 0.1) is 0 Å². The molecule has 3 heteroatoms. The zero-order chi connectivity index (χ0) is 12.3. The lowest BCUT2D eigenvalue weighted by atomic mass is 9.75. The van der Waals surface area contributed by atoms with Crippen molar-refractivity contribution < 1.29 is 4.79 Å². The Hall–Kier alpha value is -0.180. The Kier molecular flexibility index (Phi) is 4.72. The molecule has 0 aliphatic carbocycles. The first-order chi connectivity index (χ1) is 7.43. The molecule has 16 heavy (non-hydrogen) atoms. The van der Waals surface area contributed by atoms with Gasteiger partial charge in [0.15, 0.2) is 0 Å². The molecule has 0 spiro atoms. The highest BCUT2D eigenvalue weighted by atomic mass is 32.1. The van der Waals surface area contributed by atoms with Gasteiger partial charge >= 0.3 is 0 Å². The normalized spacial score (nSPS) is 28.2. The van der Waals surface area contributed by atoms with Crippen LogP contribution in [0.1, 0.15) is 47.0 Å². The van der Waals surface area contributed by atoms with Crippen LogP contribution in [-0.2, 0) is 4.79 Å². The molecule has 0 radical (unpaired) electrons. The minimum atomic E-state index is 0.114. The molecule has 0 saturated carbocycles. The maximum atomic E-state index is 12.0. The summed E-state index contributed by atoms with van der Waals surface area (Å²) in [5, 5.41) is 0.361. The molecular weight excluding hydrogens is 218 g/mol. The second-order valence-corrected chi connectivity index (χ2v) is 6.18. The van der Waals surface area contributed by atoms with Gasteiger partial charge < -0.3 is 4.90 Å². The fourth-order valence-corrected chi connectivity index (χ4v) is 3.03. The molecule has 1 fully saturated rings. The quantitative estimate of drug-likeness (QED) is 0.756. The van der Waals surface area contributed by atoms with Gasteiger partial charge in [-0.05, 0) is 24.7 Å². The fraction of sp³-hybridized carbons (Fsp3) is 0.923. The van der Waals surface area contributed by atoms with E-state index in [0.717, 1.165) is 25.9 Å². The third-order valence-electron chi connectivity index (χ3n) is 4.00. The van der Waals surface area contributed by atoms with E-state index < -0.39 is 0 Å². The van der Waals surface area contributed by atoms with Crippen molar-refractivity contribution in [3.8, 4) is 0 Å². The SMILES string of the molecule is CC[C@]1(C(C)S)CCCN(C(=O)C(C)C)C1. The van der Waals surface area contributed by atoms with Crippen LogP contribution >= 0.6 is 12.6 Å². The maximum absolute atomic E-state index is 12.0. The molecule has 1 aliphatic heterocycles. The first kappa shape index (κ1) is 13.9. The molecule has 0 N–H and O–H groups in total. The largest absolute Gasteiger partial charge is 0.342 e. The Morgan fingerprint density at radius 2 is 2.06 bits per heavy atom. The van der Waals surface area contributed by atoms with Gasteiger partial charge in [-0.15, -0.1) is 0 Å². The number of carbonyl (C=O) groups excluding carboxylic acids is 1. The van der Waals surface area contributed by atoms with Crippen LogP contribution in [0.3, 0.4) is 0 Å². The Bertz CT molecular complexity index is 252. The van der Waals surface area contributed by atoms with E-state index in [1.54, 1.807) is 0 Å². The van der Waals surface area contributed by atoms with E-state index in [4.69, 9.17) is 0 Å². The first-order valence-corrected chi connectivity index (χ1v) is 6.91. The molecular formula is C13H25NOS. The van der Waals surface area contributed by atoms with Crippen molar-refractivity contribution in [3.05, 3.63) is 0 Å². The average Bonchev–Trinajstić information content (AvgIpc) is 2.27. The number of thiol groups is 1. The highest BCUT2D eigenvalue weighted by Gasteiger charge is 2.38. The van der Waals surface area contributed by atoms with Crippen LogP contribution in [0.2, 0.25) is 0 Å². The smallest absolute Gasteiger partial charge is 0.225 e. The van der Waals surface area contributed by atoms with E-state index in [9.17, 15) is 4.79 Å². The Balaban J connectivity index is 2.76. The van der Waals surface area contributed by atoms with Crippen molar-refractivity contribution in [2.75, 3.05) is 13.1 Å². The number of amides is 1. The Morgan fingerprint density at radius 3 is 2.50 bits per heavy atom. The summed E-state index contributed by atoms with van der Waals surface area (Å²) in [7, 11) is 0. The molecule has 0 aromatic carbocycles. The summed E-state index contributed by atoms with van der Waals surface area (Å²) in [6, 6.07) is 0. The van der Waals surface area contributed by atoms with Crippen LogP contribution in [0.25, 0.3) is 0 Å². The summed E-state index contributed by atoms with van der Waals surface area (Å²) >= 11 is 4.63. The van der Waals surface area contributed by atoms with Crippen molar-refractivity contribution in [1.29, 1.82) is 0 Å². The minimum absolute atomic E-state index is 0.114. The van der Waals surface area contributed by atoms with Crippen molar-refractivity contribution in [1.82, 2.24) is 4.90 Å². The number of carbonyl (C=O) groups is 1. The van der Waals surface area contributed by atoms with Crippen molar-refractivity contribution in [2.45, 2.75) is 52.2 Å². The maximum Gasteiger partial charge on any atom is 0.225 e. The van der Waals surface area contributed by atoms with Crippen molar-refractivity contribution in [3.63, 3.8) is 0 Å². The lowest BCUT2D eigenvalue weighted by Crippen LogP contribution is -2.50. The van der Waals surface area contributed by atoms with Gasteiger partial charge in [0.1, 0.15) is 0 Å². The van der Waals surface area contributed by atoms with E-state index in [0.29, 0.717) is 11.2 Å². The third-order valence-corrected chi connectivity index (χ3v) is 4.55. The predicted molar refractivity (Wildman–Crippen MR) is 71.8 cm³/mol. The molecule has 0 aromatic rings. The van der Waals surface area contributed by atoms with E-state index in [-0.39, 0.29) is 11.3 Å². The van der Waals surface area contributed by atoms with Gasteiger partial charge in [0, 0.05) is 24.3 Å². The molecule has 2 nitrogen and oxygen atoms in total. The van der Waals surface area contributed by atoms with Crippen molar-refractivity contribution >= 4 is 18.5 Å². The van der Waals surface area contributed by atoms with Gasteiger partial charge in [0.25, 0.3) is 0 Å². The van der Waals surface area contributed by atoms with Gasteiger partial charge in [-0.1, -0.05) is 27.7 Å². The monoisotopic (exact) mass is 243 g/mol. The van der Waals surface area contributed by atoms with Crippen LogP contribution in [0.4, 0.5) is 0 Å². The summed E-state index contributed by atoms with van der Waals surface area (Å²) in [5.41, 5.74) is 0.228. The number of rotatable bonds is 3. The lowest BCUT2D eigenvalue weighted by Gasteiger charge is -2.45. The Morgan fingerprint density at radius 1 is 1.44 bits per heavy atom. The Labute approximate surface area is 105 Å². The molecule has 1 aliphatic rings. The van der Waals surface area contributed by atoms with Crippen molar-refractivity contribution in [2.24, 2.45) is 11.3 Å². The van der Waals surface area contributed by atoms with Crippen LogP contribution in [-0.4, -0.2) is 29.1 Å². The van der Waals surface area contributed by atoms with Crippen LogP contribution in [0, 0.1) is 11.3 Å². The zero-order valence-corrected chi connectivity index (χ0v) is 11.9. The second kappa shape index (κ2) is 5.44. The highest BCUT2D eigenvalue weighted by Crippen LogP contribution is 2.39. The highest BCUT2D eigenvalue weighted by molar-refractivity contribution is 7.81. The summed E-state index contributed by atoms with van der Waals surface area (Å²) in [4.78, 5) is 14.1. The summed E-state index contributed by atoms with van der Waals surface area (Å²) in [5.74, 6) is 0.411. The van der Waals surface area contributed by atoms with Gasteiger partial charge in [0.2, 0.25) is 5.91 Å². The van der Waals surface area contributed by atoms with Crippen LogP contribution < -0.4 is 0 Å². The number of hydrogen-bond donors (Lipinski definition) is 1. The standard InChI is InChI=1S/C13H25NOS/c1-5-13(11(4)16)7-6-8-14(9-13)12(15)10(2)3/h10-11,16H,5-9H2,1-4H3/t11?,13-/m0/s1. The number of hydrogen-bond acceptors (Lipinski definition) is 2. The average molecular weight is 243 g/mol. The van der Waals surface area contributed by atoms with Crippen LogP contribution in [0.5, 0.6) is 0 Å². The minimum Gasteiger partial charge on any atom is -0.342 e. The fourth-order valence-electron chi connectivity index (χ4n) is 2.64. The van der Waals surface area contributed by atoms with E-state index in [2.05, 4.69) is 26.5 Å². The molecule has 1 unspecified atom stereocenters. The molecule has 1 saturated heterocycles. The molecule has 1 amide bonds. The summed E-state index contributed by atoms with van der Waals surface area (Å²) in [6.07, 6.45) is 3.44. The molecule has 1 heterocycles. The van der Waals surface area contributed by atoms with Gasteiger partial charge in [-0.25, -0.2) is 0 Å². The predicted octanol–water partition coefficient (Wildman–Crippen LogP) is 2.98. The zero-order valence-electron chi connectivity index (χ0n) is 11.0. The molecule has 0 bridgehead atoms. The number of nitrogens with zero attached hydrogens (tertiary/aromatic N) is 1. The number of likely N-dealkylation sites (tertiary alicyclic amines) is 1. The van der Waals surface area contributed by atoms with E-state index in [1.165, 1.54) is 6.42 Å². The summed E-state index contributed by atoms with van der Waals surface area (Å²) < 4.78 is 0. The lowest BCUT2D eigenvalue weighted by molar-refractivity contribution is -0.138. The molecule has 0 aromatic heterocycles. The van der Waals surface area contributed by atoms with E-state index >= 15 is 0 Å². The third kappa shape index (κ3) is 2.73. The molecule has 2 atom stereocenters. The van der Waals surface area contributed by atoms with Gasteiger partial charge in [-0.2, -0.15) is 12.6 Å². The molecule has 94 valence electrons. The summed E-state index contributed by atoms with van der Waals surface area (Å²) in [6.45, 7) is 10.2. The van der Waals surface area contributed by atoms with Crippen LogP contribution in [0.15, 0.2) is 0 Å². The van der Waals surface area contributed by atoms with E-state index in [1.807, 2.05) is 18.7 Å². The second-order valence-electron chi connectivity index (χ2n) is 5.41. The first-order valence-electron chi connectivity index (χ1n) is 6.40. The topological polar surface area (TPSA) is 20.3 Å². The molecule has 1 rings (SSSR count). The van der Waals surface area contributed by atoms with Gasteiger partial charge in [-0.3, -0.25) is 4.79 Å².